The van der Waals surface area contributed by atoms with E-state index in [0.717, 1.165) is 12.8 Å². The van der Waals surface area contributed by atoms with Crippen molar-refractivity contribution >= 4 is 41.4 Å². The van der Waals surface area contributed by atoms with E-state index in [9.17, 15) is 33.6 Å². The summed E-state index contributed by atoms with van der Waals surface area (Å²) in [5.41, 5.74) is -0.890. The van der Waals surface area contributed by atoms with Gasteiger partial charge in [-0.1, -0.05) is 77.8 Å². The molecule has 6 atom stereocenters. The van der Waals surface area contributed by atoms with E-state index in [1.165, 1.54) is 9.80 Å². The number of ketones is 1. The summed E-state index contributed by atoms with van der Waals surface area (Å²) >= 11 is 0. The summed E-state index contributed by atoms with van der Waals surface area (Å²) < 4.78 is 0. The first-order valence-electron chi connectivity index (χ1n) is 18.1. The zero-order valence-electron chi connectivity index (χ0n) is 32.2. The van der Waals surface area contributed by atoms with E-state index >= 15 is 0 Å². The molecule has 3 aliphatic rings. The molecular weight excluding hydrogens is 666 g/mol. The smallest absolute Gasteiger partial charge is 0.315 e. The number of Topliss-reactive ketones (excluding diaryl/α,β-unsaturated/α-hetero) is 1. The molecule has 0 aromatic heterocycles. The minimum absolute atomic E-state index is 0.0507. The maximum Gasteiger partial charge on any atom is 0.315 e. The quantitative estimate of drug-likeness (QED) is 0.192. The Morgan fingerprint density at radius 3 is 2.06 bits per heavy atom. The van der Waals surface area contributed by atoms with Crippen molar-refractivity contribution in [3.8, 4) is 0 Å². The van der Waals surface area contributed by atoms with Gasteiger partial charge in [0.25, 0.3) is 5.91 Å². The lowest BCUT2D eigenvalue weighted by molar-refractivity contribution is -0.145. The number of amides is 7. The van der Waals surface area contributed by atoms with Crippen LogP contribution in [0.1, 0.15) is 86.3 Å². The standard InChI is InChI=1S/C38H57N7O7/c1-36(2,3)30(42-35(52)43-37(4,5)6)34(51)45-20-23-26(38(23,7)8)28(45)31(48)40-24(18-21-16-17-21)29(47)32(49)39-19-25(46)41-27(33(50)44(9)10)22-14-12-11-13-15-22/h11-15,21,23-24,26-28,30H,16-20H2,1-10H3,(H,39,49)(H,40,48)(H,41,46)(H2,42,43,52)/t23?,24?,26-,27-,28-,30?/m0/s1. The van der Waals surface area contributed by atoms with Crippen molar-refractivity contribution in [3.63, 3.8) is 0 Å². The van der Waals surface area contributed by atoms with Crippen molar-refractivity contribution < 1.29 is 33.6 Å². The molecule has 2 aliphatic carbocycles. The van der Waals surface area contributed by atoms with Crippen molar-refractivity contribution in [2.45, 2.75) is 104 Å². The molecule has 4 rings (SSSR count). The number of hydrogen-bond acceptors (Lipinski definition) is 7. The average molecular weight is 724 g/mol. The summed E-state index contributed by atoms with van der Waals surface area (Å²) in [4.78, 5) is 96.6. The molecule has 0 spiro atoms. The predicted octanol–water partition coefficient (Wildman–Crippen LogP) is 1.90. The molecule has 14 nitrogen and oxygen atoms in total. The van der Waals surface area contributed by atoms with Crippen LogP contribution in [0.4, 0.5) is 4.79 Å². The lowest BCUT2D eigenvalue weighted by atomic mass is 9.85. The molecule has 286 valence electrons. The Morgan fingerprint density at radius 1 is 0.904 bits per heavy atom. The van der Waals surface area contributed by atoms with Gasteiger partial charge in [0.1, 0.15) is 18.1 Å². The first-order chi connectivity index (χ1) is 24.0. The van der Waals surface area contributed by atoms with Gasteiger partial charge in [0, 0.05) is 26.2 Å². The van der Waals surface area contributed by atoms with Crippen LogP contribution in [0.3, 0.4) is 0 Å². The minimum atomic E-state index is -1.16. The largest absolute Gasteiger partial charge is 0.347 e. The van der Waals surface area contributed by atoms with Crippen molar-refractivity contribution in [3.05, 3.63) is 35.9 Å². The summed E-state index contributed by atoms with van der Waals surface area (Å²) in [6.07, 6.45) is 1.95. The third kappa shape index (κ3) is 9.68. The fourth-order valence-electron chi connectivity index (χ4n) is 7.12. The van der Waals surface area contributed by atoms with Crippen molar-refractivity contribution in [1.29, 1.82) is 0 Å². The molecule has 3 unspecified atom stereocenters. The maximum absolute atomic E-state index is 14.2. The first-order valence-corrected chi connectivity index (χ1v) is 18.1. The Morgan fingerprint density at radius 2 is 1.52 bits per heavy atom. The van der Waals surface area contributed by atoms with Gasteiger partial charge in [-0.2, -0.15) is 0 Å². The summed E-state index contributed by atoms with van der Waals surface area (Å²) in [6.45, 7) is 14.9. The highest BCUT2D eigenvalue weighted by Gasteiger charge is 2.70. The normalized spacial score (nSPS) is 22.1. The predicted molar refractivity (Wildman–Crippen MR) is 194 cm³/mol. The zero-order chi connectivity index (χ0) is 38.9. The molecule has 14 heteroatoms. The second kappa shape index (κ2) is 15.2. The van der Waals surface area contributed by atoms with Gasteiger partial charge in [-0.3, -0.25) is 28.8 Å². The lowest BCUT2D eigenvalue weighted by Gasteiger charge is -2.38. The van der Waals surface area contributed by atoms with E-state index in [-0.39, 0.29) is 35.5 Å². The Kier molecular flexibility index (Phi) is 11.8. The van der Waals surface area contributed by atoms with E-state index in [4.69, 9.17) is 0 Å². The Bertz CT molecular complexity index is 1560. The van der Waals surface area contributed by atoms with Crippen molar-refractivity contribution in [1.82, 2.24) is 36.4 Å². The molecule has 5 N–H and O–H groups in total. The molecule has 3 fully saturated rings. The maximum atomic E-state index is 14.2. The van der Waals surface area contributed by atoms with E-state index < -0.39 is 77.1 Å². The fourth-order valence-corrected chi connectivity index (χ4v) is 7.12. The lowest BCUT2D eigenvalue weighted by Crippen LogP contribution is -2.62. The summed E-state index contributed by atoms with van der Waals surface area (Å²) in [5, 5.41) is 13.5. The SMILES string of the molecule is CN(C)C(=O)[C@@H](NC(=O)CNC(=O)C(=O)C(CC1CC1)NC(=O)[C@@H]1[C@@H]2C(CN1C(=O)C(NC(=O)NC(C)(C)C)C(C)(C)C)C2(C)C)c1ccccc1. The van der Waals surface area contributed by atoms with E-state index in [1.54, 1.807) is 44.4 Å². The number of likely N-dealkylation sites (tertiary alicyclic amines) is 1. The molecule has 1 heterocycles. The second-order valence-electron chi connectivity index (χ2n) is 17.5. The molecular formula is C38H57N7O7. The summed E-state index contributed by atoms with van der Waals surface area (Å²) in [6, 6.07) is 4.16. The Hall–Kier alpha value is -4.49. The molecule has 1 saturated heterocycles. The van der Waals surface area contributed by atoms with Crippen LogP contribution in [0.25, 0.3) is 0 Å². The number of rotatable bonds is 13. The number of benzene rings is 1. The molecule has 2 saturated carbocycles. The number of piperidine rings is 1. The number of carbonyl (C=O) groups excluding carboxylic acids is 7. The van der Waals surface area contributed by atoms with E-state index in [1.807, 2.05) is 55.4 Å². The topological polar surface area (TPSA) is 186 Å². The van der Waals surface area contributed by atoms with Crippen LogP contribution in [0, 0.1) is 28.6 Å². The van der Waals surface area contributed by atoms with Gasteiger partial charge in [-0.15, -0.1) is 0 Å². The van der Waals surface area contributed by atoms with Crippen LogP contribution < -0.4 is 26.6 Å². The fraction of sp³-hybridized carbons (Fsp3) is 0.658. The molecule has 7 amide bonds. The Labute approximate surface area is 306 Å². The van der Waals surface area contributed by atoms with E-state index in [2.05, 4.69) is 26.6 Å². The van der Waals surface area contributed by atoms with Crippen molar-refractivity contribution in [2.24, 2.45) is 28.6 Å². The van der Waals surface area contributed by atoms with Crippen LogP contribution in [0.2, 0.25) is 0 Å². The number of nitrogens with one attached hydrogen (secondary N) is 5. The summed E-state index contributed by atoms with van der Waals surface area (Å²) in [5.74, 6) is -3.87. The van der Waals surface area contributed by atoms with Gasteiger partial charge in [0.15, 0.2) is 0 Å². The highest BCUT2D eigenvalue weighted by molar-refractivity contribution is 6.38. The number of carbonyl (C=O) groups is 7. The van der Waals surface area contributed by atoms with Crippen LogP contribution in [-0.4, -0.2) is 102 Å². The zero-order valence-corrected chi connectivity index (χ0v) is 32.2. The minimum Gasteiger partial charge on any atom is -0.347 e. The molecule has 1 aromatic carbocycles. The monoisotopic (exact) mass is 723 g/mol. The van der Waals surface area contributed by atoms with Crippen LogP contribution in [0.15, 0.2) is 30.3 Å². The third-order valence-corrected chi connectivity index (χ3v) is 10.3. The van der Waals surface area contributed by atoms with Gasteiger partial charge in [-0.05, 0) is 61.3 Å². The molecule has 1 aromatic rings. The Balaban J connectivity index is 1.46. The van der Waals surface area contributed by atoms with Gasteiger partial charge >= 0.3 is 6.03 Å². The first kappa shape index (κ1) is 40.3. The molecule has 52 heavy (non-hydrogen) atoms. The number of hydrogen-bond donors (Lipinski definition) is 5. The highest BCUT2D eigenvalue weighted by Crippen LogP contribution is 2.65. The van der Waals surface area contributed by atoms with Gasteiger partial charge in [0.05, 0.1) is 12.6 Å². The van der Waals surface area contributed by atoms with E-state index in [0.29, 0.717) is 12.1 Å². The molecule has 0 radical (unpaired) electrons. The molecule has 1 aliphatic heterocycles. The number of nitrogens with zero attached hydrogens (tertiary/aromatic N) is 2. The molecule has 0 bridgehead atoms. The van der Waals surface area contributed by atoms with Crippen LogP contribution >= 0.6 is 0 Å². The van der Waals surface area contributed by atoms with Gasteiger partial charge in [0.2, 0.25) is 29.4 Å². The highest BCUT2D eigenvalue weighted by atomic mass is 16.2. The number of fused-ring (bicyclic) bond motifs is 1. The second-order valence-corrected chi connectivity index (χ2v) is 17.5. The third-order valence-electron chi connectivity index (χ3n) is 10.3. The average Bonchev–Trinajstić information content (AvgIpc) is 3.90. The van der Waals surface area contributed by atoms with Gasteiger partial charge < -0.3 is 36.4 Å². The number of urea groups is 1. The van der Waals surface area contributed by atoms with Gasteiger partial charge in [-0.25, -0.2) is 4.79 Å². The van der Waals surface area contributed by atoms with Crippen molar-refractivity contribution in [2.75, 3.05) is 27.2 Å². The summed E-state index contributed by atoms with van der Waals surface area (Å²) in [7, 11) is 3.13. The number of likely N-dealkylation sites (N-methyl/N-ethyl adjacent to an activating group) is 1. The van der Waals surface area contributed by atoms with Crippen LogP contribution in [-0.2, 0) is 28.8 Å². The van der Waals surface area contributed by atoms with Crippen LogP contribution in [0.5, 0.6) is 0 Å².